The minimum absolute atomic E-state index is 0.453. The molecule has 2 aliphatic carbocycles. The van der Waals surface area contributed by atoms with Crippen molar-refractivity contribution in [1.82, 2.24) is 0 Å². The molecule has 0 heterocycles. The molecule has 2 saturated carbocycles. The van der Waals surface area contributed by atoms with E-state index in [2.05, 4.69) is 19.9 Å². The Labute approximate surface area is 124 Å². The van der Waals surface area contributed by atoms with Gasteiger partial charge in [-0.05, 0) is 50.4 Å². The molecule has 20 heavy (non-hydrogen) atoms. The first-order valence-electron chi connectivity index (χ1n) is 8.73. The Morgan fingerprint density at radius 1 is 1.10 bits per heavy atom. The van der Waals surface area contributed by atoms with Crippen molar-refractivity contribution in [2.45, 2.75) is 90.1 Å². The lowest BCUT2D eigenvalue weighted by molar-refractivity contribution is -0.114. The Bertz CT molecular complexity index is 351. The zero-order valence-electron chi connectivity index (χ0n) is 13.3. The Balaban J connectivity index is 2.09. The van der Waals surface area contributed by atoms with Crippen molar-refractivity contribution in [2.24, 2.45) is 17.3 Å². The van der Waals surface area contributed by atoms with Crippen molar-refractivity contribution >= 4 is 0 Å². The molecular weight excluding hydrogens is 246 g/mol. The number of aliphatic hydroxyl groups is 1. The predicted octanol–water partition coefficient (Wildman–Crippen LogP) is 4.82. The fraction of sp³-hybridized carbons (Fsp3) is 0.944. The first kappa shape index (κ1) is 15.8. The summed E-state index contributed by atoms with van der Waals surface area (Å²) in [5, 5.41) is 21.1. The molecule has 2 rings (SSSR count). The molecule has 0 amide bonds. The van der Waals surface area contributed by atoms with Crippen LogP contribution in [-0.2, 0) is 0 Å². The largest absolute Gasteiger partial charge is 0.388 e. The molecule has 0 aromatic rings. The Hall–Kier alpha value is -0.550. The van der Waals surface area contributed by atoms with E-state index in [0.29, 0.717) is 5.92 Å². The molecule has 0 aliphatic heterocycles. The Morgan fingerprint density at radius 3 is 2.35 bits per heavy atom. The van der Waals surface area contributed by atoms with Gasteiger partial charge in [0.25, 0.3) is 0 Å². The zero-order chi connectivity index (χ0) is 14.6. The van der Waals surface area contributed by atoms with Crippen LogP contribution in [-0.4, -0.2) is 10.7 Å². The summed E-state index contributed by atoms with van der Waals surface area (Å²) >= 11 is 0. The second-order valence-corrected chi connectivity index (χ2v) is 7.33. The topological polar surface area (TPSA) is 44.0 Å². The van der Waals surface area contributed by atoms with Crippen LogP contribution in [0.3, 0.4) is 0 Å². The monoisotopic (exact) mass is 277 g/mol. The van der Waals surface area contributed by atoms with Crippen LogP contribution in [0.2, 0.25) is 0 Å². The summed E-state index contributed by atoms with van der Waals surface area (Å²) in [6, 6.07) is 2.58. The summed E-state index contributed by atoms with van der Waals surface area (Å²) in [7, 11) is 0. The van der Waals surface area contributed by atoms with Gasteiger partial charge in [0.1, 0.15) is 0 Å². The van der Waals surface area contributed by atoms with E-state index in [1.54, 1.807) is 0 Å². The second kappa shape index (κ2) is 6.48. The molecule has 0 radical (unpaired) electrons. The zero-order valence-corrected chi connectivity index (χ0v) is 13.3. The number of hydrogen-bond donors (Lipinski definition) is 1. The highest BCUT2D eigenvalue weighted by Crippen LogP contribution is 2.53. The summed E-state index contributed by atoms with van der Waals surface area (Å²) in [5.74, 6) is 1.41. The van der Waals surface area contributed by atoms with Gasteiger partial charge in [-0.2, -0.15) is 5.26 Å². The highest BCUT2D eigenvalue weighted by atomic mass is 16.3. The fourth-order valence-corrected chi connectivity index (χ4v) is 4.70. The third kappa shape index (κ3) is 2.89. The summed E-state index contributed by atoms with van der Waals surface area (Å²) in [6.07, 6.45) is 11.8. The minimum atomic E-state index is -0.710. The van der Waals surface area contributed by atoms with Gasteiger partial charge in [0.05, 0.1) is 17.1 Å². The summed E-state index contributed by atoms with van der Waals surface area (Å²) < 4.78 is 0. The SMILES string of the molecule is CCCC1CCC(C#N)(C2(O)CCCC(CC)C2)CC1. The molecule has 2 aliphatic rings. The minimum Gasteiger partial charge on any atom is -0.388 e. The van der Waals surface area contributed by atoms with Crippen LogP contribution in [0.25, 0.3) is 0 Å². The van der Waals surface area contributed by atoms with E-state index in [4.69, 9.17) is 0 Å². The molecule has 2 nitrogen and oxygen atoms in total. The van der Waals surface area contributed by atoms with Gasteiger partial charge >= 0.3 is 0 Å². The van der Waals surface area contributed by atoms with Crippen LogP contribution in [0.1, 0.15) is 84.5 Å². The van der Waals surface area contributed by atoms with Gasteiger partial charge in [0.2, 0.25) is 0 Å². The quantitative estimate of drug-likeness (QED) is 0.800. The maximum Gasteiger partial charge on any atom is 0.0860 e. The lowest BCUT2D eigenvalue weighted by Gasteiger charge is -2.50. The fourth-order valence-electron chi connectivity index (χ4n) is 4.70. The maximum atomic E-state index is 11.2. The summed E-state index contributed by atoms with van der Waals surface area (Å²) in [4.78, 5) is 0. The van der Waals surface area contributed by atoms with Gasteiger partial charge in [0.15, 0.2) is 0 Å². The lowest BCUT2D eigenvalue weighted by atomic mass is 9.56. The highest BCUT2D eigenvalue weighted by molar-refractivity contribution is 5.14. The molecule has 2 fully saturated rings. The Morgan fingerprint density at radius 2 is 1.80 bits per heavy atom. The molecule has 0 bridgehead atoms. The molecule has 0 aromatic carbocycles. The van der Waals surface area contributed by atoms with E-state index < -0.39 is 11.0 Å². The van der Waals surface area contributed by atoms with Crippen molar-refractivity contribution in [3.05, 3.63) is 0 Å². The number of nitrogens with zero attached hydrogens (tertiary/aromatic N) is 1. The van der Waals surface area contributed by atoms with E-state index in [1.807, 2.05) is 0 Å². The van der Waals surface area contributed by atoms with E-state index in [-0.39, 0.29) is 0 Å². The van der Waals surface area contributed by atoms with Crippen LogP contribution in [0, 0.1) is 28.6 Å². The van der Waals surface area contributed by atoms with Crippen LogP contribution in [0.4, 0.5) is 0 Å². The molecule has 0 saturated heterocycles. The summed E-state index contributed by atoms with van der Waals surface area (Å²) in [5.41, 5.74) is -1.16. The molecule has 114 valence electrons. The van der Waals surface area contributed by atoms with E-state index in [1.165, 1.54) is 19.3 Å². The molecule has 2 heteroatoms. The van der Waals surface area contributed by atoms with Gasteiger partial charge in [-0.3, -0.25) is 0 Å². The number of rotatable bonds is 4. The third-order valence-corrected chi connectivity index (χ3v) is 6.17. The van der Waals surface area contributed by atoms with Gasteiger partial charge in [-0.15, -0.1) is 0 Å². The molecule has 0 aromatic heterocycles. The molecule has 2 unspecified atom stereocenters. The summed E-state index contributed by atoms with van der Waals surface area (Å²) in [6.45, 7) is 4.46. The van der Waals surface area contributed by atoms with Crippen molar-refractivity contribution in [1.29, 1.82) is 5.26 Å². The Kier molecular flexibility index (Phi) is 5.13. The van der Waals surface area contributed by atoms with Gasteiger partial charge < -0.3 is 5.11 Å². The van der Waals surface area contributed by atoms with E-state index >= 15 is 0 Å². The predicted molar refractivity (Wildman–Crippen MR) is 82.1 cm³/mol. The van der Waals surface area contributed by atoms with Crippen LogP contribution in [0.15, 0.2) is 0 Å². The maximum absolute atomic E-state index is 11.2. The van der Waals surface area contributed by atoms with E-state index in [9.17, 15) is 10.4 Å². The first-order chi connectivity index (χ1) is 9.59. The van der Waals surface area contributed by atoms with Gasteiger partial charge in [-0.1, -0.05) is 46.0 Å². The normalized spacial score (nSPS) is 42.1. The lowest BCUT2D eigenvalue weighted by Crippen LogP contribution is -2.52. The van der Waals surface area contributed by atoms with Gasteiger partial charge in [0, 0.05) is 0 Å². The van der Waals surface area contributed by atoms with Crippen molar-refractivity contribution in [3.63, 3.8) is 0 Å². The van der Waals surface area contributed by atoms with Gasteiger partial charge in [-0.25, -0.2) is 0 Å². The van der Waals surface area contributed by atoms with Crippen LogP contribution in [0.5, 0.6) is 0 Å². The molecule has 1 N–H and O–H groups in total. The van der Waals surface area contributed by atoms with Crippen molar-refractivity contribution < 1.29 is 5.11 Å². The number of nitriles is 1. The smallest absolute Gasteiger partial charge is 0.0860 e. The van der Waals surface area contributed by atoms with Crippen molar-refractivity contribution in [3.8, 4) is 6.07 Å². The van der Waals surface area contributed by atoms with Crippen LogP contribution < -0.4 is 0 Å². The third-order valence-electron chi connectivity index (χ3n) is 6.17. The highest BCUT2D eigenvalue weighted by Gasteiger charge is 2.53. The average molecular weight is 277 g/mol. The number of hydrogen-bond acceptors (Lipinski definition) is 2. The van der Waals surface area contributed by atoms with E-state index in [0.717, 1.165) is 57.3 Å². The first-order valence-corrected chi connectivity index (χ1v) is 8.73. The molecular formula is C18H31NO. The van der Waals surface area contributed by atoms with Crippen molar-refractivity contribution in [2.75, 3.05) is 0 Å². The standard InChI is InChI=1S/C18H31NO/c1-3-6-16-8-11-17(14-19,12-9-16)18(20)10-5-7-15(4-2)13-18/h15-16,20H,3-13H2,1-2H3. The molecule has 2 atom stereocenters. The molecule has 0 spiro atoms. The second-order valence-electron chi connectivity index (χ2n) is 7.33. The average Bonchev–Trinajstić information content (AvgIpc) is 2.48. The van der Waals surface area contributed by atoms with Crippen LogP contribution >= 0.6 is 0 Å².